The molecule has 184 valence electrons. The fraction of sp³-hybridized carbons (Fsp3) is 0.357. The predicted molar refractivity (Wildman–Crippen MR) is 136 cm³/mol. The normalized spacial score (nSPS) is 15.9. The quantitative estimate of drug-likeness (QED) is 0.408. The van der Waals surface area contributed by atoms with Crippen molar-refractivity contribution >= 4 is 23.2 Å². The Bertz CT molecular complexity index is 1150. The summed E-state index contributed by atoms with van der Waals surface area (Å²) >= 11 is 1.66. The van der Waals surface area contributed by atoms with Gasteiger partial charge in [0.15, 0.2) is 11.6 Å². The number of halogens is 1. The second-order valence-corrected chi connectivity index (χ2v) is 9.84. The molecule has 35 heavy (non-hydrogen) atoms. The van der Waals surface area contributed by atoms with Gasteiger partial charge < -0.3 is 14.5 Å². The van der Waals surface area contributed by atoms with Crippen molar-refractivity contribution < 1.29 is 18.7 Å². The van der Waals surface area contributed by atoms with Crippen molar-refractivity contribution in [3.63, 3.8) is 0 Å². The SMILES string of the molecule is CC[C@H](C)N(CC(=O)N1CCc2sccc2[C@H]1COc1ccccc1F)C(=O)Cc1ccccc1. The van der Waals surface area contributed by atoms with E-state index < -0.39 is 5.82 Å². The standard InChI is InChI=1S/C28H31FN2O3S/c1-3-20(2)31(27(32)17-21-9-5-4-6-10-21)18-28(33)30-15-13-26-22(14-16-35-26)24(30)19-34-25-12-8-7-11-23(25)29/h4-12,14,16,20,24H,3,13,15,17-19H2,1-2H3/t20-,24+/m0/s1. The van der Waals surface area contributed by atoms with Crippen LogP contribution in [0, 0.1) is 5.82 Å². The number of rotatable bonds is 9. The first kappa shape index (κ1) is 24.9. The summed E-state index contributed by atoms with van der Waals surface area (Å²) in [6.45, 7) is 4.69. The van der Waals surface area contributed by atoms with E-state index in [1.807, 2.05) is 55.6 Å². The minimum Gasteiger partial charge on any atom is -0.488 e. The van der Waals surface area contributed by atoms with Gasteiger partial charge in [-0.05, 0) is 54.5 Å². The van der Waals surface area contributed by atoms with Crippen molar-refractivity contribution in [3.8, 4) is 5.75 Å². The average Bonchev–Trinajstić information content (AvgIpc) is 3.36. The summed E-state index contributed by atoms with van der Waals surface area (Å²) in [5.41, 5.74) is 1.96. The van der Waals surface area contributed by atoms with E-state index in [9.17, 15) is 14.0 Å². The van der Waals surface area contributed by atoms with E-state index in [0.29, 0.717) is 6.54 Å². The lowest BCUT2D eigenvalue weighted by molar-refractivity contribution is -0.144. The number of hydrogen-bond acceptors (Lipinski definition) is 4. The van der Waals surface area contributed by atoms with Crippen LogP contribution in [-0.4, -0.2) is 47.4 Å². The lowest BCUT2D eigenvalue weighted by atomic mass is 10.00. The first-order valence-corrected chi connectivity index (χ1v) is 12.9. The lowest BCUT2D eigenvalue weighted by Crippen LogP contribution is -2.50. The lowest BCUT2D eigenvalue weighted by Gasteiger charge is -2.38. The summed E-state index contributed by atoms with van der Waals surface area (Å²) < 4.78 is 20.0. The van der Waals surface area contributed by atoms with Gasteiger partial charge in [0.05, 0.1) is 12.5 Å². The molecule has 2 heterocycles. The maximum atomic E-state index is 14.2. The number of hydrogen-bond donors (Lipinski definition) is 0. The highest BCUT2D eigenvalue weighted by atomic mass is 32.1. The van der Waals surface area contributed by atoms with Crippen molar-refractivity contribution in [2.75, 3.05) is 19.7 Å². The van der Waals surface area contributed by atoms with Crippen LogP contribution in [0.2, 0.25) is 0 Å². The number of benzene rings is 2. The van der Waals surface area contributed by atoms with Crippen LogP contribution in [0.3, 0.4) is 0 Å². The second-order valence-electron chi connectivity index (χ2n) is 8.83. The molecule has 1 aliphatic rings. The van der Waals surface area contributed by atoms with E-state index in [4.69, 9.17) is 4.74 Å². The van der Waals surface area contributed by atoms with Crippen LogP contribution in [0.1, 0.15) is 42.3 Å². The number of nitrogens with zero attached hydrogens (tertiary/aromatic N) is 2. The number of amides is 2. The zero-order chi connectivity index (χ0) is 24.8. The summed E-state index contributed by atoms with van der Waals surface area (Å²) in [7, 11) is 0. The number of ether oxygens (including phenoxy) is 1. The molecule has 0 radical (unpaired) electrons. The molecule has 2 aromatic carbocycles. The first-order valence-electron chi connectivity index (χ1n) is 12.0. The summed E-state index contributed by atoms with van der Waals surface area (Å²) in [6, 6.07) is 17.5. The maximum absolute atomic E-state index is 14.2. The van der Waals surface area contributed by atoms with Gasteiger partial charge in [0.1, 0.15) is 13.2 Å². The molecule has 1 aromatic heterocycles. The topological polar surface area (TPSA) is 49.9 Å². The Labute approximate surface area is 210 Å². The summed E-state index contributed by atoms with van der Waals surface area (Å²) in [5, 5.41) is 2.02. The van der Waals surface area contributed by atoms with Gasteiger partial charge >= 0.3 is 0 Å². The monoisotopic (exact) mass is 494 g/mol. The van der Waals surface area contributed by atoms with Crippen LogP contribution in [0.4, 0.5) is 4.39 Å². The van der Waals surface area contributed by atoms with Crippen LogP contribution in [0.25, 0.3) is 0 Å². The molecule has 7 heteroatoms. The van der Waals surface area contributed by atoms with Gasteiger partial charge in [0.25, 0.3) is 0 Å². The molecule has 0 bridgehead atoms. The van der Waals surface area contributed by atoms with Crippen LogP contribution >= 0.6 is 11.3 Å². The van der Waals surface area contributed by atoms with Crippen molar-refractivity contribution in [3.05, 3.63) is 87.9 Å². The zero-order valence-corrected chi connectivity index (χ0v) is 21.0. The molecule has 1 aliphatic heterocycles. The third-order valence-corrected chi connectivity index (χ3v) is 7.59. The van der Waals surface area contributed by atoms with E-state index in [2.05, 4.69) is 0 Å². The maximum Gasteiger partial charge on any atom is 0.242 e. The van der Waals surface area contributed by atoms with Gasteiger partial charge in [-0.2, -0.15) is 0 Å². The molecule has 4 rings (SSSR count). The Morgan fingerprint density at radius 1 is 1.14 bits per heavy atom. The van der Waals surface area contributed by atoms with Crippen LogP contribution in [0.15, 0.2) is 66.0 Å². The Balaban J connectivity index is 1.51. The number of carbonyl (C=O) groups is 2. The fourth-order valence-corrected chi connectivity index (χ4v) is 5.35. The zero-order valence-electron chi connectivity index (χ0n) is 20.2. The summed E-state index contributed by atoms with van der Waals surface area (Å²) in [6.07, 6.45) is 1.77. The Morgan fingerprint density at radius 2 is 1.89 bits per heavy atom. The average molecular weight is 495 g/mol. The first-order chi connectivity index (χ1) is 17.0. The van der Waals surface area contributed by atoms with Crippen molar-refractivity contribution in [2.24, 2.45) is 0 Å². The Hall–Kier alpha value is -3.19. The highest BCUT2D eigenvalue weighted by molar-refractivity contribution is 7.10. The van der Waals surface area contributed by atoms with E-state index >= 15 is 0 Å². The van der Waals surface area contributed by atoms with Gasteiger partial charge in [-0.1, -0.05) is 49.4 Å². The van der Waals surface area contributed by atoms with Gasteiger partial charge in [-0.25, -0.2) is 4.39 Å². The van der Waals surface area contributed by atoms with E-state index in [1.165, 1.54) is 10.9 Å². The van der Waals surface area contributed by atoms with E-state index in [1.54, 1.807) is 39.3 Å². The third-order valence-electron chi connectivity index (χ3n) is 6.60. The predicted octanol–water partition coefficient (Wildman–Crippen LogP) is 5.26. The molecule has 0 spiro atoms. The largest absolute Gasteiger partial charge is 0.488 e. The van der Waals surface area contributed by atoms with Crippen LogP contribution in [0.5, 0.6) is 5.75 Å². The molecule has 0 saturated heterocycles. The molecule has 3 aromatic rings. The van der Waals surface area contributed by atoms with Gasteiger partial charge in [0, 0.05) is 17.5 Å². The van der Waals surface area contributed by atoms with Crippen LogP contribution < -0.4 is 4.74 Å². The highest BCUT2D eigenvalue weighted by Gasteiger charge is 2.34. The molecule has 0 saturated carbocycles. The van der Waals surface area contributed by atoms with Crippen molar-refractivity contribution in [1.29, 1.82) is 0 Å². The smallest absolute Gasteiger partial charge is 0.242 e. The molecule has 0 N–H and O–H groups in total. The second kappa shape index (κ2) is 11.5. The number of para-hydroxylation sites is 1. The molecule has 0 fully saturated rings. The Kier molecular flexibility index (Phi) is 8.18. The molecule has 5 nitrogen and oxygen atoms in total. The molecule has 0 aliphatic carbocycles. The van der Waals surface area contributed by atoms with E-state index in [-0.39, 0.29) is 49.2 Å². The number of thiophene rings is 1. The van der Waals surface area contributed by atoms with Gasteiger partial charge in [-0.15, -0.1) is 11.3 Å². The summed E-state index contributed by atoms with van der Waals surface area (Å²) in [4.78, 5) is 31.5. The van der Waals surface area contributed by atoms with Crippen molar-refractivity contribution in [2.45, 2.75) is 45.2 Å². The number of fused-ring (bicyclic) bond motifs is 1. The molecular formula is C28H31FN2O3S. The molecular weight excluding hydrogens is 463 g/mol. The Morgan fingerprint density at radius 3 is 2.63 bits per heavy atom. The minimum atomic E-state index is -0.429. The fourth-order valence-electron chi connectivity index (χ4n) is 4.42. The molecule has 2 amide bonds. The van der Waals surface area contributed by atoms with Crippen LogP contribution in [-0.2, 0) is 22.4 Å². The molecule has 2 atom stereocenters. The van der Waals surface area contributed by atoms with Gasteiger partial charge in [0.2, 0.25) is 11.8 Å². The van der Waals surface area contributed by atoms with E-state index in [0.717, 1.165) is 24.0 Å². The highest BCUT2D eigenvalue weighted by Crippen LogP contribution is 2.34. The number of carbonyl (C=O) groups excluding carboxylic acids is 2. The summed E-state index contributed by atoms with van der Waals surface area (Å²) in [5.74, 6) is -0.445. The minimum absolute atomic E-state index is 0.0103. The van der Waals surface area contributed by atoms with Crippen molar-refractivity contribution in [1.82, 2.24) is 9.80 Å². The molecule has 0 unspecified atom stereocenters. The third kappa shape index (κ3) is 5.90. The van der Waals surface area contributed by atoms with Gasteiger partial charge in [-0.3, -0.25) is 9.59 Å².